The summed E-state index contributed by atoms with van der Waals surface area (Å²) in [6.07, 6.45) is 6.15. The van der Waals surface area contributed by atoms with E-state index >= 15 is 0 Å². The van der Waals surface area contributed by atoms with E-state index in [1.807, 2.05) is 0 Å². The van der Waals surface area contributed by atoms with Crippen molar-refractivity contribution >= 4 is 5.91 Å². The van der Waals surface area contributed by atoms with E-state index in [2.05, 4.69) is 6.92 Å². The minimum atomic E-state index is -0.766. The normalized spacial score (nSPS) is 26.9. The molecule has 1 aliphatic carbocycles. The van der Waals surface area contributed by atoms with Crippen LogP contribution in [0.4, 0.5) is 0 Å². The lowest BCUT2D eigenvalue weighted by atomic mass is 9.76. The molecule has 2 heteroatoms. The van der Waals surface area contributed by atoms with E-state index in [9.17, 15) is 4.79 Å². The van der Waals surface area contributed by atoms with Gasteiger partial charge in [0.1, 0.15) is 0 Å². The number of rotatable bonds is 4. The first-order chi connectivity index (χ1) is 10.4. The molecule has 2 N–H and O–H groups in total. The number of carbonyl (C=O) groups is 1. The van der Waals surface area contributed by atoms with Crippen LogP contribution < -0.4 is 5.73 Å². The van der Waals surface area contributed by atoms with Crippen LogP contribution in [0.5, 0.6) is 0 Å². The molecule has 0 radical (unpaired) electrons. The quantitative estimate of drug-likeness (QED) is 0.865. The molecule has 0 aliphatic heterocycles. The van der Waals surface area contributed by atoms with Crippen molar-refractivity contribution in [1.29, 1.82) is 0 Å². The van der Waals surface area contributed by atoms with Crippen molar-refractivity contribution in [3.05, 3.63) is 35.3 Å². The molecule has 18 heavy (non-hydrogen) atoms. The minimum absolute atomic E-state index is 0.00286. The predicted octanol–water partition coefficient (Wildman–Crippen LogP) is 3.86. The van der Waals surface area contributed by atoms with E-state index in [0.717, 1.165) is 32.1 Å². The van der Waals surface area contributed by atoms with Gasteiger partial charge in [-0.1, -0.05) is 37.9 Å². The molecule has 0 aromatic heterocycles. The van der Waals surface area contributed by atoms with Crippen molar-refractivity contribution in [2.45, 2.75) is 51.4 Å². The third kappa shape index (κ3) is 2.92. The number of hydrogen-bond donors (Lipinski definition) is 1. The molecule has 2 nitrogen and oxygen atoms in total. The van der Waals surface area contributed by atoms with E-state index in [1.165, 1.54) is 6.42 Å². The molecule has 0 unspecified atom stereocenters. The fraction of sp³-hybridized carbons (Fsp3) is 0.562. The molecule has 1 amide bonds. The van der Waals surface area contributed by atoms with Crippen LogP contribution in [0.15, 0.2) is 24.2 Å². The molecular formula is C16H23NO. The summed E-state index contributed by atoms with van der Waals surface area (Å²) >= 11 is 0. The Morgan fingerprint density at radius 2 is 2.00 bits per heavy atom. The Bertz CT molecular complexity index is 580. The largest absolute Gasteiger partial charge is 0.366 e. The average Bonchev–Trinajstić information content (AvgIpc) is 2.49. The lowest BCUT2D eigenvalue weighted by molar-refractivity contribution is 0.0998. The molecule has 1 saturated carbocycles. The van der Waals surface area contributed by atoms with Crippen molar-refractivity contribution in [3.8, 4) is 0 Å². The van der Waals surface area contributed by atoms with Crippen LogP contribution >= 0.6 is 0 Å². The van der Waals surface area contributed by atoms with Crippen molar-refractivity contribution in [1.82, 2.24) is 0 Å². The van der Waals surface area contributed by atoms with Gasteiger partial charge in [-0.05, 0) is 49.1 Å². The summed E-state index contributed by atoms with van der Waals surface area (Å²) in [4.78, 5) is 11.7. The Hall–Kier alpha value is -1.31. The number of benzene rings is 1. The first-order valence-electron chi connectivity index (χ1n) is 8.78. The maximum absolute atomic E-state index is 11.7. The minimum Gasteiger partial charge on any atom is -0.366 e. The second-order valence-electron chi connectivity index (χ2n) is 5.16. The Labute approximate surface area is 115 Å². The van der Waals surface area contributed by atoms with Crippen molar-refractivity contribution in [2.24, 2.45) is 11.7 Å². The second-order valence-corrected chi connectivity index (χ2v) is 5.16. The van der Waals surface area contributed by atoms with Crippen molar-refractivity contribution in [2.75, 3.05) is 0 Å². The van der Waals surface area contributed by atoms with Crippen molar-refractivity contribution < 1.29 is 10.3 Å². The van der Waals surface area contributed by atoms with Gasteiger partial charge in [0.15, 0.2) is 0 Å². The molecule has 2 rings (SSSR count). The summed E-state index contributed by atoms with van der Waals surface area (Å²) in [5.41, 5.74) is 5.80. The standard InChI is InChI=1S/C16H23NO/c1-2-5-12-8-10-13(11-9-12)14-6-3-4-7-15(14)16(17)18/h3-4,6-7,12-13H,2,5,8-11H2,1H3,(H2,17,18)/i3D,4D,6D,7D. The zero-order valence-corrected chi connectivity index (χ0v) is 10.9. The molecule has 0 saturated heterocycles. The van der Waals surface area contributed by atoms with E-state index in [1.54, 1.807) is 0 Å². The van der Waals surface area contributed by atoms with E-state index in [-0.39, 0.29) is 35.7 Å². The van der Waals surface area contributed by atoms with Gasteiger partial charge in [-0.25, -0.2) is 0 Å². The van der Waals surface area contributed by atoms with Gasteiger partial charge in [-0.15, -0.1) is 0 Å². The van der Waals surface area contributed by atoms with E-state index < -0.39 is 5.91 Å². The van der Waals surface area contributed by atoms with Gasteiger partial charge in [0.2, 0.25) is 5.91 Å². The Kier molecular flexibility index (Phi) is 2.93. The summed E-state index contributed by atoms with van der Waals surface area (Å²) in [7, 11) is 0. The average molecular weight is 249 g/mol. The summed E-state index contributed by atoms with van der Waals surface area (Å²) < 4.78 is 31.6. The van der Waals surface area contributed by atoms with Gasteiger partial charge < -0.3 is 5.73 Å². The van der Waals surface area contributed by atoms with Gasteiger partial charge >= 0.3 is 0 Å². The molecule has 0 heterocycles. The molecule has 1 aromatic rings. The monoisotopic (exact) mass is 249 g/mol. The SMILES string of the molecule is [2H]c1c([2H])c([2H])c(C2CCC(CCC)CC2)c(C(N)=O)c1[2H]. The Balaban J connectivity index is 2.41. The fourth-order valence-corrected chi connectivity index (χ4v) is 2.97. The van der Waals surface area contributed by atoms with E-state index in [4.69, 9.17) is 11.2 Å². The molecule has 0 spiro atoms. The lowest BCUT2D eigenvalue weighted by Crippen LogP contribution is -2.18. The first-order valence-corrected chi connectivity index (χ1v) is 6.78. The van der Waals surface area contributed by atoms with Crippen LogP contribution in [0, 0.1) is 5.92 Å². The van der Waals surface area contributed by atoms with Crippen LogP contribution in [0.2, 0.25) is 0 Å². The predicted molar refractivity (Wildman–Crippen MR) is 74.6 cm³/mol. The van der Waals surface area contributed by atoms with Crippen LogP contribution in [-0.2, 0) is 0 Å². The summed E-state index contributed by atoms with van der Waals surface area (Å²) in [6.45, 7) is 2.17. The maximum atomic E-state index is 11.7. The topological polar surface area (TPSA) is 43.1 Å². The molecular weight excluding hydrogens is 222 g/mol. The summed E-state index contributed by atoms with van der Waals surface area (Å²) in [6, 6.07) is -1.07. The third-order valence-corrected chi connectivity index (χ3v) is 3.91. The molecule has 1 aromatic carbocycles. The number of nitrogens with two attached hydrogens (primary N) is 1. The molecule has 1 fully saturated rings. The van der Waals surface area contributed by atoms with Gasteiger partial charge in [0, 0.05) is 5.56 Å². The number of amides is 1. The molecule has 0 atom stereocenters. The zero-order chi connectivity index (χ0) is 16.4. The van der Waals surface area contributed by atoms with Crippen LogP contribution in [-0.4, -0.2) is 5.91 Å². The second kappa shape index (κ2) is 6.03. The Morgan fingerprint density at radius 3 is 2.61 bits per heavy atom. The maximum Gasteiger partial charge on any atom is 0.248 e. The zero-order valence-electron chi connectivity index (χ0n) is 14.9. The first kappa shape index (κ1) is 8.73. The lowest BCUT2D eigenvalue weighted by Gasteiger charge is -2.29. The van der Waals surface area contributed by atoms with Gasteiger partial charge in [0.05, 0.1) is 5.48 Å². The van der Waals surface area contributed by atoms with Gasteiger partial charge in [-0.2, -0.15) is 0 Å². The van der Waals surface area contributed by atoms with Gasteiger partial charge in [0.25, 0.3) is 0 Å². The summed E-state index contributed by atoms with van der Waals surface area (Å²) in [5, 5.41) is 0. The smallest absolute Gasteiger partial charge is 0.248 e. The Morgan fingerprint density at radius 1 is 1.33 bits per heavy atom. The number of carbonyl (C=O) groups excluding carboxylic acids is 1. The summed E-state index contributed by atoms with van der Waals surface area (Å²) in [5.74, 6) is -0.0801. The van der Waals surface area contributed by atoms with Gasteiger partial charge in [-0.3, -0.25) is 4.79 Å². The highest BCUT2D eigenvalue weighted by atomic mass is 16.1. The fourth-order valence-electron chi connectivity index (χ4n) is 2.97. The van der Waals surface area contributed by atoms with Crippen molar-refractivity contribution in [3.63, 3.8) is 0 Å². The van der Waals surface area contributed by atoms with Crippen LogP contribution in [0.25, 0.3) is 0 Å². The number of hydrogen-bond acceptors (Lipinski definition) is 1. The van der Waals surface area contributed by atoms with E-state index in [0.29, 0.717) is 11.5 Å². The highest BCUT2D eigenvalue weighted by Gasteiger charge is 2.24. The third-order valence-electron chi connectivity index (χ3n) is 3.91. The van der Waals surface area contributed by atoms with Crippen LogP contribution in [0.3, 0.4) is 0 Å². The highest BCUT2D eigenvalue weighted by Crippen LogP contribution is 2.38. The highest BCUT2D eigenvalue weighted by molar-refractivity contribution is 5.94. The van der Waals surface area contributed by atoms with Crippen LogP contribution in [0.1, 0.15) is 72.8 Å². The number of primary amides is 1. The molecule has 0 bridgehead atoms. The molecule has 1 aliphatic rings. The molecule has 98 valence electrons.